The number of nitrogens with zero attached hydrogens (tertiary/aromatic N) is 1. The van der Waals surface area contributed by atoms with Crippen LogP contribution in [-0.4, -0.2) is 8.42 Å². The summed E-state index contributed by atoms with van der Waals surface area (Å²) in [5.74, 6) is -2.40. The third-order valence-electron chi connectivity index (χ3n) is 3.03. The molecule has 1 unspecified atom stereocenters. The Morgan fingerprint density at radius 3 is 2.36 bits per heavy atom. The second-order valence-electron chi connectivity index (χ2n) is 4.64. The summed E-state index contributed by atoms with van der Waals surface area (Å²) < 4.78 is 53.4. The molecular weight excluding hydrogens is 310 g/mol. The van der Waals surface area contributed by atoms with Gasteiger partial charge < -0.3 is 0 Å². The lowest BCUT2D eigenvalue weighted by Crippen LogP contribution is -2.28. The quantitative estimate of drug-likeness (QED) is 0.941. The van der Waals surface area contributed by atoms with Gasteiger partial charge in [-0.15, -0.1) is 0 Å². The molecule has 0 spiro atoms. The highest BCUT2D eigenvalue weighted by Crippen LogP contribution is 2.21. The Morgan fingerprint density at radius 2 is 1.77 bits per heavy atom. The van der Waals surface area contributed by atoms with Crippen LogP contribution < -0.4 is 4.72 Å². The van der Waals surface area contributed by atoms with Crippen molar-refractivity contribution in [3.8, 4) is 6.07 Å². The standard InChI is InChI=1S/C15H12F2N2O2S/c1-10-5-7-11(8-6-10)22(20,21)19-14(9-18)12-3-2-4-13(16)15(12)17/h2-8,14,19H,1H3. The lowest BCUT2D eigenvalue weighted by atomic mass is 10.1. The largest absolute Gasteiger partial charge is 0.242 e. The van der Waals surface area contributed by atoms with E-state index in [9.17, 15) is 17.2 Å². The fourth-order valence-corrected chi connectivity index (χ4v) is 2.96. The molecule has 2 aromatic rings. The topological polar surface area (TPSA) is 70.0 Å². The zero-order chi connectivity index (χ0) is 16.3. The van der Waals surface area contributed by atoms with Gasteiger partial charge in [0.25, 0.3) is 0 Å². The molecule has 114 valence electrons. The number of nitriles is 1. The van der Waals surface area contributed by atoms with Gasteiger partial charge in [0.2, 0.25) is 10.0 Å². The van der Waals surface area contributed by atoms with E-state index in [-0.39, 0.29) is 10.5 Å². The molecule has 0 radical (unpaired) electrons. The van der Waals surface area contributed by atoms with Gasteiger partial charge in [0.1, 0.15) is 6.04 Å². The van der Waals surface area contributed by atoms with E-state index in [0.29, 0.717) is 0 Å². The van der Waals surface area contributed by atoms with Crippen LogP contribution in [0.3, 0.4) is 0 Å². The third kappa shape index (κ3) is 3.30. The highest BCUT2D eigenvalue weighted by molar-refractivity contribution is 7.89. The third-order valence-corrected chi connectivity index (χ3v) is 4.46. The zero-order valence-corrected chi connectivity index (χ0v) is 12.4. The molecule has 0 fully saturated rings. The van der Waals surface area contributed by atoms with Crippen molar-refractivity contribution in [3.63, 3.8) is 0 Å². The molecule has 0 amide bonds. The number of aryl methyl sites for hydroxylation is 1. The van der Waals surface area contributed by atoms with Crippen LogP contribution in [-0.2, 0) is 10.0 Å². The fourth-order valence-electron chi connectivity index (χ4n) is 1.84. The number of nitrogens with one attached hydrogen (secondary N) is 1. The van der Waals surface area contributed by atoms with E-state index in [0.717, 1.165) is 17.7 Å². The molecule has 0 aliphatic carbocycles. The number of benzene rings is 2. The Hall–Kier alpha value is -2.30. The lowest BCUT2D eigenvalue weighted by Gasteiger charge is -2.13. The summed E-state index contributed by atoms with van der Waals surface area (Å²) in [4.78, 5) is -0.0600. The van der Waals surface area contributed by atoms with Crippen LogP contribution >= 0.6 is 0 Å². The molecule has 0 aromatic heterocycles. The summed E-state index contributed by atoms with van der Waals surface area (Å²) in [6.07, 6.45) is 0. The number of rotatable bonds is 4. The van der Waals surface area contributed by atoms with Gasteiger partial charge in [-0.3, -0.25) is 0 Å². The number of sulfonamides is 1. The summed E-state index contributed by atoms with van der Waals surface area (Å²) in [5, 5.41) is 9.08. The first kappa shape index (κ1) is 16.1. The van der Waals surface area contributed by atoms with Gasteiger partial charge in [0, 0.05) is 5.56 Å². The monoisotopic (exact) mass is 322 g/mol. The molecule has 0 bridgehead atoms. The number of hydrogen-bond donors (Lipinski definition) is 1. The molecule has 0 aliphatic heterocycles. The van der Waals surface area contributed by atoms with Crippen molar-refractivity contribution in [1.82, 2.24) is 4.72 Å². The van der Waals surface area contributed by atoms with E-state index >= 15 is 0 Å². The predicted molar refractivity (Wildman–Crippen MR) is 76.2 cm³/mol. The molecule has 7 heteroatoms. The summed E-state index contributed by atoms with van der Waals surface area (Å²) >= 11 is 0. The average molecular weight is 322 g/mol. The van der Waals surface area contributed by atoms with Crippen LogP contribution in [0, 0.1) is 29.9 Å². The first-order valence-electron chi connectivity index (χ1n) is 6.27. The van der Waals surface area contributed by atoms with Gasteiger partial charge >= 0.3 is 0 Å². The Bertz CT molecular complexity index is 828. The highest BCUT2D eigenvalue weighted by atomic mass is 32.2. The van der Waals surface area contributed by atoms with E-state index in [1.807, 2.05) is 0 Å². The maximum atomic E-state index is 13.7. The summed E-state index contributed by atoms with van der Waals surface area (Å²) in [5.41, 5.74) is 0.505. The second kappa shape index (κ2) is 6.22. The van der Waals surface area contributed by atoms with Gasteiger partial charge in [-0.1, -0.05) is 29.8 Å². The SMILES string of the molecule is Cc1ccc(S(=O)(=O)NC(C#N)c2cccc(F)c2F)cc1. The van der Waals surface area contributed by atoms with Crippen LogP contribution in [0.15, 0.2) is 47.4 Å². The van der Waals surface area contributed by atoms with Gasteiger partial charge in [0.15, 0.2) is 11.6 Å². The van der Waals surface area contributed by atoms with Gasteiger partial charge in [-0.2, -0.15) is 9.98 Å². The molecule has 0 aliphatic rings. The maximum Gasteiger partial charge on any atom is 0.242 e. The first-order chi connectivity index (χ1) is 10.3. The molecule has 2 aromatic carbocycles. The van der Waals surface area contributed by atoms with Crippen molar-refractivity contribution in [1.29, 1.82) is 5.26 Å². The summed E-state index contributed by atoms with van der Waals surface area (Å²) in [6, 6.07) is 9.28. The molecule has 0 heterocycles. The second-order valence-corrected chi connectivity index (χ2v) is 6.35. The van der Waals surface area contributed by atoms with Crippen molar-refractivity contribution in [3.05, 3.63) is 65.2 Å². The minimum absolute atomic E-state index is 0.0600. The summed E-state index contributed by atoms with van der Waals surface area (Å²) in [6.45, 7) is 1.80. The average Bonchev–Trinajstić information content (AvgIpc) is 2.48. The maximum absolute atomic E-state index is 13.7. The number of halogens is 2. The van der Waals surface area contributed by atoms with Crippen LogP contribution in [0.1, 0.15) is 17.2 Å². The van der Waals surface area contributed by atoms with E-state index in [1.165, 1.54) is 18.2 Å². The van der Waals surface area contributed by atoms with Crippen LogP contribution in [0.25, 0.3) is 0 Å². The lowest BCUT2D eigenvalue weighted by molar-refractivity contribution is 0.492. The summed E-state index contributed by atoms with van der Waals surface area (Å²) in [7, 11) is -4.03. The van der Waals surface area contributed by atoms with E-state index in [2.05, 4.69) is 4.72 Å². The van der Waals surface area contributed by atoms with Crippen LogP contribution in [0.2, 0.25) is 0 Å². The van der Waals surface area contributed by atoms with Crippen molar-refractivity contribution < 1.29 is 17.2 Å². The smallest absolute Gasteiger partial charge is 0.207 e. The Balaban J connectivity index is 2.36. The van der Waals surface area contributed by atoms with Crippen molar-refractivity contribution >= 4 is 10.0 Å². The Morgan fingerprint density at radius 1 is 1.14 bits per heavy atom. The fraction of sp³-hybridized carbons (Fsp3) is 0.133. The number of hydrogen-bond acceptors (Lipinski definition) is 3. The Labute approximate surface area is 127 Å². The Kier molecular flexibility index (Phi) is 4.54. The predicted octanol–water partition coefficient (Wildman–Crippen LogP) is 2.82. The molecule has 0 saturated heterocycles. The van der Waals surface area contributed by atoms with Crippen molar-refractivity contribution in [2.24, 2.45) is 0 Å². The zero-order valence-electron chi connectivity index (χ0n) is 11.5. The normalized spacial score (nSPS) is 12.6. The van der Waals surface area contributed by atoms with E-state index in [1.54, 1.807) is 25.1 Å². The van der Waals surface area contributed by atoms with E-state index in [4.69, 9.17) is 5.26 Å². The first-order valence-corrected chi connectivity index (χ1v) is 7.76. The molecule has 2 rings (SSSR count). The molecular formula is C15H12F2N2O2S. The van der Waals surface area contributed by atoms with Crippen LogP contribution in [0.5, 0.6) is 0 Å². The van der Waals surface area contributed by atoms with Crippen molar-refractivity contribution in [2.75, 3.05) is 0 Å². The molecule has 0 saturated carbocycles. The molecule has 4 nitrogen and oxygen atoms in total. The molecule has 1 atom stereocenters. The molecule has 22 heavy (non-hydrogen) atoms. The minimum Gasteiger partial charge on any atom is -0.207 e. The van der Waals surface area contributed by atoms with E-state index < -0.39 is 27.7 Å². The van der Waals surface area contributed by atoms with Crippen LogP contribution in [0.4, 0.5) is 8.78 Å². The van der Waals surface area contributed by atoms with Crippen molar-refractivity contribution in [2.45, 2.75) is 17.9 Å². The molecule has 1 N–H and O–H groups in total. The minimum atomic E-state index is -4.03. The van der Waals surface area contributed by atoms with Gasteiger partial charge in [-0.05, 0) is 25.1 Å². The highest BCUT2D eigenvalue weighted by Gasteiger charge is 2.24. The van der Waals surface area contributed by atoms with Gasteiger partial charge in [-0.25, -0.2) is 17.2 Å². The van der Waals surface area contributed by atoms with Gasteiger partial charge in [0.05, 0.1) is 11.0 Å².